The summed E-state index contributed by atoms with van der Waals surface area (Å²) >= 11 is 0. The average molecular weight is 258 g/mol. The highest BCUT2D eigenvalue weighted by Crippen LogP contribution is 2.62. The first kappa shape index (κ1) is 13.0. The van der Waals surface area contributed by atoms with Gasteiger partial charge in [-0.2, -0.15) is 5.10 Å². The Hall–Kier alpha value is -1.46. The Morgan fingerprint density at radius 2 is 2.00 bits per heavy atom. The van der Waals surface area contributed by atoms with Crippen LogP contribution in [0, 0.1) is 0 Å². The van der Waals surface area contributed by atoms with Gasteiger partial charge in [-0.25, -0.2) is 8.78 Å². The van der Waals surface area contributed by atoms with Crippen molar-refractivity contribution in [2.75, 3.05) is 0 Å². The van der Waals surface area contributed by atoms with Gasteiger partial charge in [0.25, 0.3) is 5.92 Å². The molecule has 100 valence electrons. The molecule has 0 aliphatic heterocycles. The van der Waals surface area contributed by atoms with Crippen molar-refractivity contribution < 1.29 is 18.7 Å². The molecule has 0 bridgehead atoms. The first-order valence-corrected chi connectivity index (χ1v) is 5.68. The molecule has 1 N–H and O–H groups in total. The van der Waals surface area contributed by atoms with E-state index in [4.69, 9.17) is 0 Å². The normalized spacial score (nSPS) is 26.1. The number of hydrogen-bond acceptors (Lipinski definition) is 2. The largest absolute Gasteiger partial charge is 0.480 e. The molecule has 4 nitrogen and oxygen atoms in total. The molecule has 0 amide bonds. The van der Waals surface area contributed by atoms with Crippen molar-refractivity contribution in [3.05, 3.63) is 17.5 Å². The van der Waals surface area contributed by atoms with Crippen LogP contribution in [0.4, 0.5) is 8.78 Å². The summed E-state index contributed by atoms with van der Waals surface area (Å²) < 4.78 is 28.5. The maximum Gasteiger partial charge on any atom is 0.320 e. The van der Waals surface area contributed by atoms with Gasteiger partial charge in [-0.1, -0.05) is 20.8 Å². The van der Waals surface area contributed by atoms with Crippen LogP contribution in [0.15, 0.2) is 6.20 Å². The van der Waals surface area contributed by atoms with Gasteiger partial charge in [-0.15, -0.1) is 0 Å². The molecular weight excluding hydrogens is 242 g/mol. The van der Waals surface area contributed by atoms with Crippen LogP contribution in [0.1, 0.15) is 38.4 Å². The molecule has 0 radical (unpaired) electrons. The lowest BCUT2D eigenvalue weighted by Gasteiger charge is -2.20. The Kier molecular flexibility index (Phi) is 2.38. The van der Waals surface area contributed by atoms with Crippen LogP contribution < -0.4 is 0 Å². The summed E-state index contributed by atoms with van der Waals surface area (Å²) in [4.78, 5) is 11.3. The zero-order valence-corrected chi connectivity index (χ0v) is 10.8. The number of carboxylic acids is 1. The van der Waals surface area contributed by atoms with E-state index in [0.717, 1.165) is 0 Å². The van der Waals surface area contributed by atoms with E-state index >= 15 is 0 Å². The molecule has 18 heavy (non-hydrogen) atoms. The molecule has 1 heterocycles. The van der Waals surface area contributed by atoms with Crippen molar-refractivity contribution in [3.63, 3.8) is 0 Å². The highest BCUT2D eigenvalue weighted by atomic mass is 19.3. The number of alkyl halides is 2. The molecule has 1 aliphatic rings. The van der Waals surface area contributed by atoms with Gasteiger partial charge in [0.15, 0.2) is 5.41 Å². The van der Waals surface area contributed by atoms with Crippen molar-refractivity contribution >= 4 is 5.97 Å². The van der Waals surface area contributed by atoms with E-state index < -0.39 is 29.1 Å². The topological polar surface area (TPSA) is 55.1 Å². The third kappa shape index (κ3) is 1.54. The van der Waals surface area contributed by atoms with Crippen LogP contribution in [0.3, 0.4) is 0 Å². The summed E-state index contributed by atoms with van der Waals surface area (Å²) in [5, 5.41) is 13.3. The van der Waals surface area contributed by atoms with E-state index in [1.165, 1.54) is 10.9 Å². The highest BCUT2D eigenvalue weighted by molar-refractivity contribution is 5.88. The average Bonchev–Trinajstić information content (AvgIpc) is 2.56. The lowest BCUT2D eigenvalue weighted by Crippen LogP contribution is -2.30. The molecule has 6 heteroatoms. The predicted molar refractivity (Wildman–Crippen MR) is 60.8 cm³/mol. The van der Waals surface area contributed by atoms with Crippen LogP contribution in [-0.2, 0) is 22.7 Å². The Morgan fingerprint density at radius 3 is 2.33 bits per heavy atom. The van der Waals surface area contributed by atoms with Crippen LogP contribution in [0.25, 0.3) is 0 Å². The first-order chi connectivity index (χ1) is 8.02. The molecule has 1 unspecified atom stereocenters. The summed E-state index contributed by atoms with van der Waals surface area (Å²) in [5.41, 5.74) is -2.01. The van der Waals surface area contributed by atoms with Crippen molar-refractivity contribution in [1.82, 2.24) is 9.78 Å². The quantitative estimate of drug-likeness (QED) is 0.883. The van der Waals surface area contributed by atoms with E-state index in [0.29, 0.717) is 5.69 Å². The number of aryl methyl sites for hydroxylation is 1. The van der Waals surface area contributed by atoms with Crippen molar-refractivity contribution in [2.24, 2.45) is 7.05 Å². The number of carbonyl (C=O) groups is 1. The second kappa shape index (κ2) is 3.30. The first-order valence-electron chi connectivity index (χ1n) is 5.68. The molecule has 2 rings (SSSR count). The van der Waals surface area contributed by atoms with Gasteiger partial charge in [0.1, 0.15) is 0 Å². The van der Waals surface area contributed by atoms with Gasteiger partial charge in [-0.3, -0.25) is 9.48 Å². The number of rotatable bonds is 2. The summed E-state index contributed by atoms with van der Waals surface area (Å²) in [5.74, 6) is -4.67. The van der Waals surface area contributed by atoms with Gasteiger partial charge in [0.2, 0.25) is 0 Å². The Labute approximate surface area is 104 Å². The lowest BCUT2D eigenvalue weighted by molar-refractivity contribution is -0.143. The molecule has 0 spiro atoms. The molecule has 1 saturated carbocycles. The summed E-state index contributed by atoms with van der Waals surface area (Å²) in [6.45, 7) is 5.48. The minimum atomic E-state index is -3.19. The minimum Gasteiger partial charge on any atom is -0.480 e. The second-order valence-corrected chi connectivity index (χ2v) is 5.91. The predicted octanol–water partition coefficient (Wildman–Crippen LogP) is 2.08. The van der Waals surface area contributed by atoms with E-state index in [1.54, 1.807) is 7.05 Å². The third-order valence-corrected chi connectivity index (χ3v) is 3.35. The summed E-state index contributed by atoms with van der Waals surface area (Å²) in [6, 6.07) is 0. The van der Waals surface area contributed by atoms with Gasteiger partial charge in [-0.05, 0) is 0 Å². The smallest absolute Gasteiger partial charge is 0.320 e. The second-order valence-electron chi connectivity index (χ2n) is 5.91. The maximum absolute atomic E-state index is 13.5. The molecule has 0 aromatic carbocycles. The number of hydrogen-bond donors (Lipinski definition) is 1. The third-order valence-electron chi connectivity index (χ3n) is 3.35. The molecule has 1 aliphatic carbocycles. The van der Waals surface area contributed by atoms with Crippen molar-refractivity contribution in [3.8, 4) is 0 Å². The number of carboxylic acid groups (broad SMARTS) is 1. The molecule has 1 aromatic rings. The standard InChI is InChI=1S/C12H16F2N2O2/c1-10(2,3)8-7(5-16(4)15-8)11(9(17)18)6-12(11,13)14/h5H,6H2,1-4H3,(H,17,18). The molecule has 1 fully saturated rings. The van der Waals surface area contributed by atoms with Crippen LogP contribution in [0.2, 0.25) is 0 Å². The van der Waals surface area contributed by atoms with Crippen LogP contribution in [-0.4, -0.2) is 26.8 Å². The fraction of sp³-hybridized carbons (Fsp3) is 0.667. The Morgan fingerprint density at radius 1 is 1.50 bits per heavy atom. The van der Waals surface area contributed by atoms with E-state index in [1.807, 2.05) is 20.8 Å². The monoisotopic (exact) mass is 258 g/mol. The van der Waals surface area contributed by atoms with E-state index in [9.17, 15) is 18.7 Å². The minimum absolute atomic E-state index is 0.134. The van der Waals surface area contributed by atoms with E-state index in [2.05, 4.69) is 5.10 Å². The highest BCUT2D eigenvalue weighted by Gasteiger charge is 2.78. The summed E-state index contributed by atoms with van der Waals surface area (Å²) in [7, 11) is 1.61. The number of nitrogens with zero attached hydrogens (tertiary/aromatic N) is 2. The van der Waals surface area contributed by atoms with Crippen LogP contribution >= 0.6 is 0 Å². The molecule has 0 saturated heterocycles. The van der Waals surface area contributed by atoms with Crippen LogP contribution in [0.5, 0.6) is 0 Å². The zero-order valence-electron chi connectivity index (χ0n) is 10.8. The SMILES string of the molecule is Cn1cc(C2(C(=O)O)CC2(F)F)c(C(C)(C)C)n1. The van der Waals surface area contributed by atoms with E-state index in [-0.39, 0.29) is 5.56 Å². The molecular formula is C12H16F2N2O2. The number of halogens is 2. The molecule has 1 aromatic heterocycles. The Balaban J connectivity index is 2.62. The van der Waals surface area contributed by atoms with Gasteiger partial charge < -0.3 is 5.11 Å². The summed E-state index contributed by atoms with van der Waals surface area (Å²) in [6.07, 6.45) is 0.750. The van der Waals surface area contributed by atoms with Gasteiger partial charge in [0, 0.05) is 30.6 Å². The number of aliphatic carboxylic acids is 1. The Bertz CT molecular complexity index is 517. The zero-order chi connectivity index (χ0) is 13.9. The van der Waals surface area contributed by atoms with Gasteiger partial charge in [0.05, 0.1) is 5.69 Å². The molecule has 1 atom stereocenters. The van der Waals surface area contributed by atoms with Crippen molar-refractivity contribution in [2.45, 2.75) is 43.9 Å². The lowest BCUT2D eigenvalue weighted by atomic mass is 9.84. The maximum atomic E-state index is 13.5. The van der Waals surface area contributed by atoms with Gasteiger partial charge >= 0.3 is 5.97 Å². The fourth-order valence-corrected chi connectivity index (χ4v) is 2.28. The van der Waals surface area contributed by atoms with Crippen molar-refractivity contribution in [1.29, 1.82) is 0 Å². The fourth-order valence-electron chi connectivity index (χ4n) is 2.28. The number of aromatic nitrogens is 2.